The van der Waals surface area contributed by atoms with Crippen LogP contribution in [0.3, 0.4) is 0 Å². The molecule has 0 aliphatic heterocycles. The Bertz CT molecular complexity index is 607. The highest BCUT2D eigenvalue weighted by Crippen LogP contribution is 2.26. The molecule has 0 aromatic carbocycles. The van der Waals surface area contributed by atoms with Crippen molar-refractivity contribution in [2.24, 2.45) is 0 Å². The van der Waals surface area contributed by atoms with Gasteiger partial charge in [-0.05, 0) is 11.5 Å². The lowest BCUT2D eigenvalue weighted by molar-refractivity contribution is 0.102. The minimum atomic E-state index is -0.309. The minimum Gasteiger partial charge on any atom is -0.304 e. The van der Waals surface area contributed by atoms with Gasteiger partial charge in [0.05, 0.1) is 18.1 Å². The number of halogens is 1. The molecule has 2 aromatic rings. The summed E-state index contributed by atoms with van der Waals surface area (Å²) in [6.07, 6.45) is 2.82. The van der Waals surface area contributed by atoms with Crippen LogP contribution < -0.4 is 5.32 Å². The Labute approximate surface area is 119 Å². The minimum absolute atomic E-state index is 0.219. The van der Waals surface area contributed by atoms with Crippen LogP contribution in [-0.4, -0.2) is 25.5 Å². The molecule has 2 heterocycles. The standard InChI is InChI=1S/C11H12ClN5OS/c1-11(2,3)9-8(19-17-16-9)10(18)15-7-5-13-4-6(12)14-7/h4-5H,1-3H3,(H,14,15,18). The number of anilines is 1. The van der Waals surface area contributed by atoms with E-state index in [1.165, 1.54) is 12.4 Å². The van der Waals surface area contributed by atoms with Gasteiger partial charge < -0.3 is 5.32 Å². The van der Waals surface area contributed by atoms with Crippen LogP contribution in [0.25, 0.3) is 0 Å². The summed E-state index contributed by atoms with van der Waals surface area (Å²) in [5.41, 5.74) is 0.407. The third kappa shape index (κ3) is 3.24. The summed E-state index contributed by atoms with van der Waals surface area (Å²) in [5.74, 6) is -0.0118. The zero-order valence-electron chi connectivity index (χ0n) is 10.6. The van der Waals surface area contributed by atoms with Crippen molar-refractivity contribution in [1.29, 1.82) is 0 Å². The monoisotopic (exact) mass is 297 g/mol. The van der Waals surface area contributed by atoms with E-state index in [1.807, 2.05) is 20.8 Å². The summed E-state index contributed by atoms with van der Waals surface area (Å²) in [5, 5.41) is 6.86. The van der Waals surface area contributed by atoms with E-state index in [-0.39, 0.29) is 16.5 Å². The van der Waals surface area contributed by atoms with Crippen molar-refractivity contribution >= 4 is 34.9 Å². The topological polar surface area (TPSA) is 80.7 Å². The molecular weight excluding hydrogens is 286 g/mol. The average Bonchev–Trinajstić information content (AvgIpc) is 2.77. The smallest absolute Gasteiger partial charge is 0.270 e. The third-order valence-corrected chi connectivity index (χ3v) is 3.16. The molecule has 1 N–H and O–H groups in total. The summed E-state index contributed by atoms with van der Waals surface area (Å²) < 4.78 is 3.84. The number of carbonyl (C=O) groups is 1. The maximum Gasteiger partial charge on any atom is 0.270 e. The fourth-order valence-corrected chi connectivity index (χ4v) is 2.32. The lowest BCUT2D eigenvalue weighted by Crippen LogP contribution is -2.20. The van der Waals surface area contributed by atoms with Gasteiger partial charge in [0.15, 0.2) is 5.82 Å². The van der Waals surface area contributed by atoms with Crippen molar-refractivity contribution in [3.05, 3.63) is 28.1 Å². The normalized spacial score (nSPS) is 11.4. The van der Waals surface area contributed by atoms with E-state index in [0.29, 0.717) is 16.4 Å². The molecule has 0 bridgehead atoms. The molecule has 0 aliphatic carbocycles. The van der Waals surface area contributed by atoms with E-state index in [0.717, 1.165) is 11.5 Å². The van der Waals surface area contributed by atoms with Crippen molar-refractivity contribution in [2.45, 2.75) is 26.2 Å². The molecule has 1 amide bonds. The molecular formula is C11H12ClN5OS. The molecule has 0 saturated carbocycles. The maximum atomic E-state index is 12.2. The fourth-order valence-electron chi connectivity index (χ4n) is 1.41. The van der Waals surface area contributed by atoms with Gasteiger partial charge in [-0.15, -0.1) is 5.10 Å². The number of nitrogens with one attached hydrogen (secondary N) is 1. The molecule has 0 spiro atoms. The van der Waals surface area contributed by atoms with Crippen molar-refractivity contribution in [3.8, 4) is 0 Å². The Morgan fingerprint density at radius 1 is 1.37 bits per heavy atom. The first-order valence-corrected chi connectivity index (χ1v) is 6.65. The first kappa shape index (κ1) is 13.8. The van der Waals surface area contributed by atoms with E-state index in [1.54, 1.807) is 0 Å². The van der Waals surface area contributed by atoms with E-state index in [9.17, 15) is 4.79 Å². The summed E-state index contributed by atoms with van der Waals surface area (Å²) in [6.45, 7) is 5.92. The molecule has 0 atom stereocenters. The Morgan fingerprint density at radius 3 is 2.74 bits per heavy atom. The van der Waals surface area contributed by atoms with Gasteiger partial charge in [0.1, 0.15) is 10.0 Å². The van der Waals surface area contributed by atoms with Crippen LogP contribution in [0.5, 0.6) is 0 Å². The SMILES string of the molecule is CC(C)(C)c1nnsc1C(=O)Nc1cncc(Cl)n1. The molecule has 0 fully saturated rings. The van der Waals surface area contributed by atoms with E-state index in [4.69, 9.17) is 11.6 Å². The second-order valence-corrected chi connectivity index (χ2v) is 6.02. The second-order valence-electron chi connectivity index (χ2n) is 4.88. The summed E-state index contributed by atoms with van der Waals surface area (Å²) in [4.78, 5) is 20.4. The Balaban J connectivity index is 2.24. The second kappa shape index (κ2) is 5.18. The van der Waals surface area contributed by atoms with Crippen LogP contribution in [0.2, 0.25) is 5.15 Å². The molecule has 2 rings (SSSR count). The summed E-state index contributed by atoms with van der Waals surface area (Å²) in [7, 11) is 0. The van der Waals surface area contributed by atoms with Crippen LogP contribution in [0, 0.1) is 0 Å². The molecule has 0 unspecified atom stereocenters. The number of hydrogen-bond donors (Lipinski definition) is 1. The largest absolute Gasteiger partial charge is 0.304 e. The quantitative estimate of drug-likeness (QED) is 0.921. The third-order valence-electron chi connectivity index (χ3n) is 2.25. The maximum absolute atomic E-state index is 12.2. The van der Waals surface area contributed by atoms with E-state index < -0.39 is 0 Å². The van der Waals surface area contributed by atoms with Crippen LogP contribution in [0.4, 0.5) is 5.82 Å². The highest BCUT2D eigenvalue weighted by molar-refractivity contribution is 7.08. The molecule has 0 radical (unpaired) electrons. The van der Waals surface area contributed by atoms with Gasteiger partial charge in [0, 0.05) is 5.41 Å². The van der Waals surface area contributed by atoms with Crippen molar-refractivity contribution in [1.82, 2.24) is 19.6 Å². The fraction of sp³-hybridized carbons (Fsp3) is 0.364. The van der Waals surface area contributed by atoms with Crippen molar-refractivity contribution in [2.75, 3.05) is 5.32 Å². The predicted molar refractivity (Wildman–Crippen MR) is 73.6 cm³/mol. The molecule has 2 aromatic heterocycles. The number of aromatic nitrogens is 4. The number of rotatable bonds is 2. The van der Waals surface area contributed by atoms with Crippen LogP contribution in [0.15, 0.2) is 12.4 Å². The number of carbonyl (C=O) groups excluding carboxylic acids is 1. The Morgan fingerprint density at radius 2 is 2.11 bits per heavy atom. The molecule has 0 saturated heterocycles. The summed E-state index contributed by atoms with van der Waals surface area (Å²) >= 11 is 6.76. The van der Waals surface area contributed by atoms with Crippen molar-refractivity contribution < 1.29 is 4.79 Å². The van der Waals surface area contributed by atoms with Gasteiger partial charge in [0.2, 0.25) is 0 Å². The van der Waals surface area contributed by atoms with Gasteiger partial charge in [-0.3, -0.25) is 9.78 Å². The highest BCUT2D eigenvalue weighted by atomic mass is 35.5. The van der Waals surface area contributed by atoms with Crippen LogP contribution in [-0.2, 0) is 5.41 Å². The average molecular weight is 298 g/mol. The number of hydrogen-bond acceptors (Lipinski definition) is 6. The zero-order chi connectivity index (χ0) is 14.0. The first-order chi connectivity index (χ1) is 8.88. The van der Waals surface area contributed by atoms with Gasteiger partial charge in [-0.25, -0.2) is 4.98 Å². The zero-order valence-corrected chi connectivity index (χ0v) is 12.2. The molecule has 8 heteroatoms. The Hall–Kier alpha value is -1.60. The van der Waals surface area contributed by atoms with Gasteiger partial charge in [-0.2, -0.15) is 0 Å². The molecule has 6 nitrogen and oxygen atoms in total. The van der Waals surface area contributed by atoms with Gasteiger partial charge in [0.25, 0.3) is 5.91 Å². The van der Waals surface area contributed by atoms with Crippen LogP contribution >= 0.6 is 23.1 Å². The predicted octanol–water partition coefficient (Wildman–Crippen LogP) is 2.53. The number of amides is 1. The van der Waals surface area contributed by atoms with Gasteiger partial charge >= 0.3 is 0 Å². The van der Waals surface area contributed by atoms with Crippen LogP contribution in [0.1, 0.15) is 36.1 Å². The van der Waals surface area contributed by atoms with Crippen molar-refractivity contribution in [3.63, 3.8) is 0 Å². The van der Waals surface area contributed by atoms with E-state index >= 15 is 0 Å². The lowest BCUT2D eigenvalue weighted by atomic mass is 9.91. The molecule has 19 heavy (non-hydrogen) atoms. The van der Waals surface area contributed by atoms with E-state index in [2.05, 4.69) is 24.9 Å². The highest BCUT2D eigenvalue weighted by Gasteiger charge is 2.26. The van der Waals surface area contributed by atoms with Gasteiger partial charge in [-0.1, -0.05) is 36.9 Å². The Kier molecular flexibility index (Phi) is 3.77. The molecule has 0 aliphatic rings. The number of nitrogens with zero attached hydrogens (tertiary/aromatic N) is 4. The first-order valence-electron chi connectivity index (χ1n) is 5.49. The lowest BCUT2D eigenvalue weighted by Gasteiger charge is -2.15. The molecule has 100 valence electrons. The summed E-state index contributed by atoms with van der Waals surface area (Å²) in [6, 6.07) is 0.